The molecule has 0 saturated heterocycles. The number of aryl methyl sites for hydroxylation is 1. The first-order valence-corrected chi connectivity index (χ1v) is 7.38. The third-order valence-corrected chi connectivity index (χ3v) is 4.68. The Morgan fingerprint density at radius 3 is 2.81 bits per heavy atom. The molecule has 0 bridgehead atoms. The van der Waals surface area contributed by atoms with Gasteiger partial charge in [0.2, 0.25) is 0 Å². The van der Waals surface area contributed by atoms with Crippen LogP contribution in [0.5, 0.6) is 0 Å². The molecule has 0 saturated carbocycles. The zero-order valence-electron chi connectivity index (χ0n) is 11.8. The molecule has 3 rings (SSSR count). The molecule has 0 aliphatic carbocycles. The topological polar surface area (TPSA) is 61.2 Å². The van der Waals surface area contributed by atoms with Crippen LogP contribution in [0.2, 0.25) is 0 Å². The lowest BCUT2D eigenvalue weighted by molar-refractivity contribution is 0.527. The Hall–Kier alpha value is -1.85. The van der Waals surface area contributed by atoms with Crippen LogP contribution in [0.4, 0.5) is 0 Å². The van der Waals surface area contributed by atoms with Gasteiger partial charge in [0, 0.05) is 11.5 Å². The number of halogens is 1. The molecule has 0 aliphatic heterocycles. The van der Waals surface area contributed by atoms with Crippen LogP contribution in [0.3, 0.4) is 0 Å². The summed E-state index contributed by atoms with van der Waals surface area (Å²) in [4.78, 5) is 11.5. The molecule has 4 nitrogen and oxygen atoms in total. The van der Waals surface area contributed by atoms with Crippen molar-refractivity contribution in [1.82, 2.24) is 4.57 Å². The Morgan fingerprint density at radius 1 is 1.29 bits per heavy atom. The lowest BCUT2D eigenvalue weighted by Gasteiger charge is -2.16. The fourth-order valence-electron chi connectivity index (χ4n) is 2.48. The quantitative estimate of drug-likeness (QED) is 0.774. The molecular formula is C16H15BrN2O2. The van der Waals surface area contributed by atoms with Crippen molar-refractivity contribution in [3.8, 4) is 0 Å². The summed E-state index contributed by atoms with van der Waals surface area (Å²) in [6.07, 6.45) is 0. The molecule has 1 heterocycles. The molecule has 0 fully saturated rings. The number of hydrogen-bond acceptors (Lipinski definition) is 3. The number of fused-ring (bicyclic) bond motifs is 1. The van der Waals surface area contributed by atoms with Crippen LogP contribution >= 0.6 is 15.9 Å². The van der Waals surface area contributed by atoms with Crippen LogP contribution in [0.15, 0.2) is 50.1 Å². The summed E-state index contributed by atoms with van der Waals surface area (Å²) in [6.45, 7) is 2.03. The predicted octanol–water partition coefficient (Wildman–Crippen LogP) is 3.25. The number of nitrogens with two attached hydrogens (primary N) is 1. The van der Waals surface area contributed by atoms with Gasteiger partial charge >= 0.3 is 5.76 Å². The Labute approximate surface area is 130 Å². The van der Waals surface area contributed by atoms with Gasteiger partial charge < -0.3 is 10.2 Å². The molecule has 21 heavy (non-hydrogen) atoms. The van der Waals surface area contributed by atoms with E-state index in [0.29, 0.717) is 5.58 Å². The van der Waals surface area contributed by atoms with Gasteiger partial charge in [0.05, 0.1) is 11.6 Å². The van der Waals surface area contributed by atoms with E-state index in [0.717, 1.165) is 26.7 Å². The average Bonchev–Trinajstić information content (AvgIpc) is 2.76. The van der Waals surface area contributed by atoms with E-state index in [-0.39, 0.29) is 11.8 Å². The molecule has 5 heteroatoms. The molecule has 1 unspecified atom stereocenters. The summed E-state index contributed by atoms with van der Waals surface area (Å²) < 4.78 is 7.73. The van der Waals surface area contributed by atoms with E-state index in [2.05, 4.69) is 15.9 Å². The van der Waals surface area contributed by atoms with Crippen LogP contribution in [0.25, 0.3) is 11.1 Å². The van der Waals surface area contributed by atoms with E-state index in [9.17, 15) is 4.79 Å². The van der Waals surface area contributed by atoms with Gasteiger partial charge in [0.1, 0.15) is 0 Å². The maximum atomic E-state index is 11.5. The second-order valence-corrected chi connectivity index (χ2v) is 5.94. The van der Waals surface area contributed by atoms with Crippen molar-refractivity contribution in [3.63, 3.8) is 0 Å². The molecule has 0 radical (unpaired) electrons. The number of oxazole rings is 1. The SMILES string of the molecule is Cc1c(Br)cccc1C(N)c1ccc2c(c1)oc(=O)n2C. The molecule has 3 aromatic rings. The summed E-state index contributed by atoms with van der Waals surface area (Å²) >= 11 is 3.52. The van der Waals surface area contributed by atoms with Gasteiger partial charge in [-0.25, -0.2) is 4.79 Å². The molecule has 1 atom stereocenters. The largest absolute Gasteiger partial charge is 0.419 e. The third kappa shape index (κ3) is 2.32. The fraction of sp³-hybridized carbons (Fsp3) is 0.188. The standard InChI is InChI=1S/C16H15BrN2O2/c1-9-11(4-3-5-12(9)17)15(18)10-6-7-13-14(8-10)21-16(20)19(13)2/h3-8,15H,18H2,1-2H3. The highest BCUT2D eigenvalue weighted by molar-refractivity contribution is 9.10. The monoisotopic (exact) mass is 346 g/mol. The minimum Gasteiger partial charge on any atom is -0.408 e. The van der Waals surface area contributed by atoms with E-state index in [1.54, 1.807) is 7.05 Å². The second-order valence-electron chi connectivity index (χ2n) is 5.09. The predicted molar refractivity (Wildman–Crippen MR) is 86.4 cm³/mol. The van der Waals surface area contributed by atoms with Crippen LogP contribution in [0.1, 0.15) is 22.7 Å². The molecule has 2 N–H and O–H groups in total. The Kier molecular flexibility index (Phi) is 3.47. The zero-order valence-corrected chi connectivity index (χ0v) is 13.3. The summed E-state index contributed by atoms with van der Waals surface area (Å²) in [5.41, 5.74) is 10.8. The lowest BCUT2D eigenvalue weighted by Crippen LogP contribution is -2.13. The minimum absolute atomic E-state index is 0.266. The molecule has 1 aromatic heterocycles. The van der Waals surface area contributed by atoms with Crippen LogP contribution < -0.4 is 11.5 Å². The fourth-order valence-corrected chi connectivity index (χ4v) is 2.87. The summed E-state index contributed by atoms with van der Waals surface area (Å²) in [5, 5.41) is 0. The van der Waals surface area contributed by atoms with Crippen molar-refractivity contribution in [1.29, 1.82) is 0 Å². The van der Waals surface area contributed by atoms with Crippen molar-refractivity contribution >= 4 is 27.0 Å². The lowest BCUT2D eigenvalue weighted by atomic mass is 9.96. The molecule has 0 spiro atoms. The molecule has 2 aromatic carbocycles. The third-order valence-electron chi connectivity index (χ3n) is 3.82. The van der Waals surface area contributed by atoms with Gasteiger partial charge in [-0.2, -0.15) is 0 Å². The summed E-state index contributed by atoms with van der Waals surface area (Å²) in [5.74, 6) is -0.366. The first kappa shape index (κ1) is 14.1. The second kappa shape index (κ2) is 5.16. The van der Waals surface area contributed by atoms with Crippen LogP contribution in [0, 0.1) is 6.92 Å². The Balaban J connectivity index is 2.11. The Bertz CT molecular complexity index is 880. The van der Waals surface area contributed by atoms with E-state index >= 15 is 0 Å². The maximum absolute atomic E-state index is 11.5. The summed E-state index contributed by atoms with van der Waals surface area (Å²) in [7, 11) is 1.69. The molecule has 0 aliphatic rings. The highest BCUT2D eigenvalue weighted by Crippen LogP contribution is 2.28. The highest BCUT2D eigenvalue weighted by atomic mass is 79.9. The van der Waals surface area contributed by atoms with E-state index < -0.39 is 0 Å². The van der Waals surface area contributed by atoms with Crippen molar-refractivity contribution in [3.05, 3.63) is 68.1 Å². The van der Waals surface area contributed by atoms with E-state index in [4.69, 9.17) is 10.2 Å². The van der Waals surface area contributed by atoms with Gasteiger partial charge in [-0.15, -0.1) is 0 Å². The summed E-state index contributed by atoms with van der Waals surface area (Å²) in [6, 6.07) is 11.3. The highest BCUT2D eigenvalue weighted by Gasteiger charge is 2.15. The number of benzene rings is 2. The van der Waals surface area contributed by atoms with Crippen molar-refractivity contribution in [2.75, 3.05) is 0 Å². The van der Waals surface area contributed by atoms with Crippen molar-refractivity contribution < 1.29 is 4.42 Å². The number of aromatic nitrogens is 1. The first-order chi connectivity index (χ1) is 9.99. The van der Waals surface area contributed by atoms with Gasteiger partial charge in [0.25, 0.3) is 0 Å². The van der Waals surface area contributed by atoms with Crippen LogP contribution in [-0.4, -0.2) is 4.57 Å². The normalized spacial score (nSPS) is 12.8. The van der Waals surface area contributed by atoms with E-state index in [1.807, 2.05) is 43.3 Å². The molecular weight excluding hydrogens is 332 g/mol. The molecule has 0 amide bonds. The van der Waals surface area contributed by atoms with Gasteiger partial charge in [-0.05, 0) is 41.8 Å². The van der Waals surface area contributed by atoms with Crippen LogP contribution in [-0.2, 0) is 7.05 Å². The Morgan fingerprint density at radius 2 is 2.05 bits per heavy atom. The maximum Gasteiger partial charge on any atom is 0.419 e. The van der Waals surface area contributed by atoms with E-state index in [1.165, 1.54) is 4.57 Å². The number of rotatable bonds is 2. The molecule has 108 valence electrons. The van der Waals surface area contributed by atoms with Gasteiger partial charge in [0.15, 0.2) is 5.58 Å². The number of nitrogens with zero attached hydrogens (tertiary/aromatic N) is 1. The first-order valence-electron chi connectivity index (χ1n) is 6.59. The van der Waals surface area contributed by atoms with Crippen molar-refractivity contribution in [2.45, 2.75) is 13.0 Å². The van der Waals surface area contributed by atoms with Gasteiger partial charge in [-0.1, -0.05) is 34.1 Å². The smallest absolute Gasteiger partial charge is 0.408 e. The zero-order chi connectivity index (χ0) is 15.1. The van der Waals surface area contributed by atoms with Gasteiger partial charge in [-0.3, -0.25) is 4.57 Å². The number of hydrogen-bond donors (Lipinski definition) is 1. The minimum atomic E-state index is -0.366. The van der Waals surface area contributed by atoms with Crippen molar-refractivity contribution in [2.24, 2.45) is 12.8 Å². The average molecular weight is 347 g/mol.